The van der Waals surface area contributed by atoms with E-state index in [1.165, 1.54) is 11.1 Å². The van der Waals surface area contributed by atoms with Crippen molar-refractivity contribution in [1.29, 1.82) is 0 Å². The molecule has 0 aliphatic carbocycles. The minimum absolute atomic E-state index is 0.430. The zero-order valence-corrected chi connectivity index (χ0v) is 14.8. The summed E-state index contributed by atoms with van der Waals surface area (Å²) in [5.74, 6) is 1.76. The van der Waals surface area contributed by atoms with E-state index in [1.54, 1.807) is 13.3 Å². The molecule has 0 atom stereocenters. The van der Waals surface area contributed by atoms with Crippen LogP contribution < -0.4 is 15.4 Å². The van der Waals surface area contributed by atoms with Crippen molar-refractivity contribution in [3.05, 3.63) is 59.3 Å². The van der Waals surface area contributed by atoms with Crippen LogP contribution in [0.5, 0.6) is 5.75 Å². The second kappa shape index (κ2) is 7.17. The minimum atomic E-state index is 0.430. The predicted octanol–water partition coefficient (Wildman–Crippen LogP) is 4.29. The van der Waals surface area contributed by atoms with Gasteiger partial charge in [0, 0.05) is 5.69 Å². The maximum absolute atomic E-state index is 5.38. The van der Waals surface area contributed by atoms with Crippen LogP contribution in [0.25, 0.3) is 0 Å². The highest BCUT2D eigenvalue weighted by Crippen LogP contribution is 2.28. The summed E-state index contributed by atoms with van der Waals surface area (Å²) >= 11 is 0. The van der Waals surface area contributed by atoms with Gasteiger partial charge in [-0.25, -0.2) is 0 Å². The number of nitrogens with zero attached hydrogens (tertiary/aromatic N) is 3. The number of rotatable bonds is 5. The van der Waals surface area contributed by atoms with Gasteiger partial charge in [-0.3, -0.25) is 0 Å². The fourth-order valence-electron chi connectivity index (χ4n) is 2.42. The van der Waals surface area contributed by atoms with Gasteiger partial charge < -0.3 is 15.4 Å². The van der Waals surface area contributed by atoms with Crippen molar-refractivity contribution in [3.8, 4) is 5.75 Å². The molecule has 0 saturated carbocycles. The highest BCUT2D eigenvalue weighted by Gasteiger charge is 2.07. The molecule has 6 heteroatoms. The van der Waals surface area contributed by atoms with E-state index in [-0.39, 0.29) is 0 Å². The average molecular weight is 335 g/mol. The van der Waals surface area contributed by atoms with Gasteiger partial charge in [0.05, 0.1) is 19.0 Å². The van der Waals surface area contributed by atoms with Crippen LogP contribution in [0.15, 0.2) is 42.6 Å². The second-order valence-corrected chi connectivity index (χ2v) is 5.92. The molecule has 1 heterocycles. The Bertz CT molecular complexity index is 895. The monoisotopic (exact) mass is 335 g/mol. The van der Waals surface area contributed by atoms with E-state index in [0.717, 1.165) is 22.7 Å². The van der Waals surface area contributed by atoms with Crippen molar-refractivity contribution in [1.82, 2.24) is 15.2 Å². The van der Waals surface area contributed by atoms with Crippen molar-refractivity contribution < 1.29 is 4.74 Å². The molecule has 0 aliphatic heterocycles. The number of aryl methyl sites for hydroxylation is 3. The maximum atomic E-state index is 5.38. The van der Waals surface area contributed by atoms with Crippen LogP contribution in [0.4, 0.5) is 23.1 Å². The summed E-state index contributed by atoms with van der Waals surface area (Å²) in [5, 5.41) is 14.5. The lowest BCUT2D eigenvalue weighted by Crippen LogP contribution is -2.03. The number of aromatic nitrogens is 3. The lowest BCUT2D eigenvalue weighted by molar-refractivity contribution is 0.416. The Kier molecular flexibility index (Phi) is 4.79. The van der Waals surface area contributed by atoms with Gasteiger partial charge in [0.15, 0.2) is 5.82 Å². The third-order valence-corrected chi connectivity index (χ3v) is 3.94. The van der Waals surface area contributed by atoms with Crippen molar-refractivity contribution in [2.75, 3.05) is 17.7 Å². The zero-order valence-electron chi connectivity index (χ0n) is 14.8. The molecule has 0 spiro atoms. The zero-order chi connectivity index (χ0) is 17.8. The third-order valence-electron chi connectivity index (χ3n) is 3.94. The fourth-order valence-corrected chi connectivity index (χ4v) is 2.42. The first-order chi connectivity index (χ1) is 12.0. The summed E-state index contributed by atoms with van der Waals surface area (Å²) in [4.78, 5) is 4.47. The van der Waals surface area contributed by atoms with E-state index >= 15 is 0 Å². The number of nitrogens with one attached hydrogen (secondary N) is 2. The number of anilines is 4. The van der Waals surface area contributed by atoms with Crippen LogP contribution in [-0.4, -0.2) is 22.3 Å². The Morgan fingerprint density at radius 1 is 0.920 bits per heavy atom. The van der Waals surface area contributed by atoms with Crippen LogP contribution in [0, 0.1) is 20.8 Å². The van der Waals surface area contributed by atoms with Gasteiger partial charge in [-0.15, -0.1) is 5.10 Å². The third kappa shape index (κ3) is 4.03. The quantitative estimate of drug-likeness (QED) is 0.724. The molecule has 3 aromatic rings. The highest BCUT2D eigenvalue weighted by atomic mass is 16.5. The second-order valence-electron chi connectivity index (χ2n) is 5.92. The molecule has 0 fully saturated rings. The Hall–Kier alpha value is -3.15. The average Bonchev–Trinajstić information content (AvgIpc) is 2.59. The molecule has 25 heavy (non-hydrogen) atoms. The summed E-state index contributed by atoms with van der Waals surface area (Å²) in [7, 11) is 1.64. The van der Waals surface area contributed by atoms with Gasteiger partial charge >= 0.3 is 0 Å². The van der Waals surface area contributed by atoms with Crippen LogP contribution >= 0.6 is 0 Å². The smallest absolute Gasteiger partial charge is 0.249 e. The summed E-state index contributed by atoms with van der Waals surface area (Å²) in [6.45, 7) is 6.17. The van der Waals surface area contributed by atoms with E-state index in [0.29, 0.717) is 11.8 Å². The first-order valence-corrected chi connectivity index (χ1v) is 8.01. The SMILES string of the molecule is COc1ccc(C)cc1Nc1cnnc(Nc2ccc(C)c(C)c2)n1. The fraction of sp³-hybridized carbons (Fsp3) is 0.211. The van der Waals surface area contributed by atoms with Gasteiger partial charge in [-0.2, -0.15) is 10.1 Å². The van der Waals surface area contributed by atoms with Crippen molar-refractivity contribution in [2.45, 2.75) is 20.8 Å². The van der Waals surface area contributed by atoms with E-state index in [9.17, 15) is 0 Å². The van der Waals surface area contributed by atoms with Gasteiger partial charge in [0.1, 0.15) is 5.75 Å². The van der Waals surface area contributed by atoms with E-state index < -0.39 is 0 Å². The van der Waals surface area contributed by atoms with Crippen molar-refractivity contribution in [2.24, 2.45) is 0 Å². The summed E-state index contributed by atoms with van der Waals surface area (Å²) in [6, 6.07) is 12.0. The molecule has 0 amide bonds. The molecule has 0 radical (unpaired) electrons. The molecule has 2 aromatic carbocycles. The van der Waals surface area contributed by atoms with Gasteiger partial charge in [-0.1, -0.05) is 12.1 Å². The van der Waals surface area contributed by atoms with Crippen LogP contribution in [0.3, 0.4) is 0 Å². The number of benzene rings is 2. The topological polar surface area (TPSA) is 72.0 Å². The number of ether oxygens (including phenoxy) is 1. The van der Waals surface area contributed by atoms with E-state index in [2.05, 4.69) is 51.8 Å². The van der Waals surface area contributed by atoms with Crippen LogP contribution in [-0.2, 0) is 0 Å². The summed E-state index contributed by atoms with van der Waals surface area (Å²) in [5.41, 5.74) is 5.33. The molecule has 6 nitrogen and oxygen atoms in total. The number of hydrogen-bond donors (Lipinski definition) is 2. The first-order valence-electron chi connectivity index (χ1n) is 8.01. The minimum Gasteiger partial charge on any atom is -0.495 e. The van der Waals surface area contributed by atoms with Crippen LogP contribution in [0.2, 0.25) is 0 Å². The lowest BCUT2D eigenvalue weighted by Gasteiger charge is -2.12. The van der Waals surface area contributed by atoms with Crippen LogP contribution in [0.1, 0.15) is 16.7 Å². The standard InChI is InChI=1S/C19H21N5O/c1-12-5-8-17(25-4)16(9-12)22-18-11-20-24-19(23-18)21-15-7-6-13(2)14(3)10-15/h5-11H,1-4H3,(H2,21,22,23,24). The molecule has 128 valence electrons. The predicted molar refractivity (Wildman–Crippen MR) is 100 cm³/mol. The first kappa shape index (κ1) is 16.7. The molecular weight excluding hydrogens is 314 g/mol. The molecule has 2 N–H and O–H groups in total. The number of hydrogen-bond acceptors (Lipinski definition) is 6. The van der Waals surface area contributed by atoms with Gasteiger partial charge in [-0.05, 0) is 61.7 Å². The Balaban J connectivity index is 1.82. The Morgan fingerprint density at radius 2 is 1.76 bits per heavy atom. The number of methoxy groups -OCH3 is 1. The van der Waals surface area contributed by atoms with Crippen molar-refractivity contribution in [3.63, 3.8) is 0 Å². The lowest BCUT2D eigenvalue weighted by atomic mass is 10.1. The van der Waals surface area contributed by atoms with Gasteiger partial charge in [0.25, 0.3) is 0 Å². The van der Waals surface area contributed by atoms with E-state index in [4.69, 9.17) is 4.74 Å². The largest absolute Gasteiger partial charge is 0.495 e. The molecule has 0 saturated heterocycles. The van der Waals surface area contributed by atoms with Crippen molar-refractivity contribution >= 4 is 23.1 Å². The Labute approximate surface area is 147 Å². The molecule has 3 rings (SSSR count). The normalized spacial score (nSPS) is 10.4. The summed E-state index contributed by atoms with van der Waals surface area (Å²) in [6.07, 6.45) is 1.58. The molecular formula is C19H21N5O. The van der Waals surface area contributed by atoms with Gasteiger partial charge in [0.2, 0.25) is 5.95 Å². The molecule has 1 aromatic heterocycles. The molecule has 0 bridgehead atoms. The highest BCUT2D eigenvalue weighted by molar-refractivity contribution is 5.65. The molecule has 0 unspecified atom stereocenters. The van der Waals surface area contributed by atoms with E-state index in [1.807, 2.05) is 31.2 Å². The summed E-state index contributed by atoms with van der Waals surface area (Å²) < 4.78 is 5.38. The molecule has 0 aliphatic rings. The maximum Gasteiger partial charge on any atom is 0.249 e. The Morgan fingerprint density at radius 3 is 2.52 bits per heavy atom.